The lowest BCUT2D eigenvalue weighted by atomic mass is 10.3. The molecule has 7 heteroatoms. The van der Waals surface area contributed by atoms with E-state index in [2.05, 4.69) is 5.32 Å². The maximum Gasteiger partial charge on any atom is 0.241 e. The summed E-state index contributed by atoms with van der Waals surface area (Å²) in [6, 6.07) is 5.13. The lowest BCUT2D eigenvalue weighted by Gasteiger charge is -2.32. The summed E-state index contributed by atoms with van der Waals surface area (Å²) in [5.74, 6) is 0.00150. The Morgan fingerprint density at radius 1 is 1.20 bits per heavy atom. The predicted octanol–water partition coefficient (Wildman–Crippen LogP) is 1.71. The Morgan fingerprint density at radius 3 is 2.50 bits per heavy atom. The Labute approximate surface area is 127 Å². The van der Waals surface area contributed by atoms with Gasteiger partial charge in [0.1, 0.15) is 0 Å². The monoisotopic (exact) mass is 315 g/mol. The zero-order chi connectivity index (χ0) is 14.5. The molecule has 0 spiro atoms. The van der Waals surface area contributed by atoms with Gasteiger partial charge in [0.25, 0.3) is 0 Å². The van der Waals surface area contributed by atoms with Gasteiger partial charge in [-0.25, -0.2) is 0 Å². The summed E-state index contributed by atoms with van der Waals surface area (Å²) >= 11 is 11.7. The number of nitrogens with one attached hydrogen (secondary N) is 1. The highest BCUT2D eigenvalue weighted by Crippen LogP contribution is 2.24. The lowest BCUT2D eigenvalue weighted by Crippen LogP contribution is -2.49. The summed E-state index contributed by atoms with van der Waals surface area (Å²) in [5, 5.41) is 3.95. The molecule has 20 heavy (non-hydrogen) atoms. The molecular formula is C13H15Cl2N3O2. The number of hydrogen-bond donors (Lipinski definition) is 1. The fraction of sp³-hybridized carbons (Fsp3) is 0.385. The van der Waals surface area contributed by atoms with Crippen LogP contribution >= 0.6 is 23.2 Å². The summed E-state index contributed by atoms with van der Waals surface area (Å²) in [6.45, 7) is 2.50. The van der Waals surface area contributed by atoms with Gasteiger partial charge >= 0.3 is 0 Å². The van der Waals surface area contributed by atoms with Gasteiger partial charge < -0.3 is 15.1 Å². The molecule has 2 amide bonds. The van der Waals surface area contributed by atoms with Crippen molar-refractivity contribution in [1.82, 2.24) is 9.80 Å². The summed E-state index contributed by atoms with van der Waals surface area (Å²) in [6.07, 6.45) is 0.815. The zero-order valence-electron chi connectivity index (χ0n) is 10.8. The van der Waals surface area contributed by atoms with Crippen LogP contribution in [0.2, 0.25) is 10.0 Å². The van der Waals surface area contributed by atoms with E-state index in [4.69, 9.17) is 23.2 Å². The third kappa shape index (κ3) is 3.77. The van der Waals surface area contributed by atoms with Gasteiger partial charge in [0.05, 0.1) is 16.6 Å². The second-order valence-corrected chi connectivity index (χ2v) is 5.32. The highest BCUT2D eigenvalue weighted by molar-refractivity contribution is 6.42. The Hall–Kier alpha value is -1.46. The second-order valence-electron chi connectivity index (χ2n) is 4.50. The lowest BCUT2D eigenvalue weighted by molar-refractivity contribution is -0.133. The van der Waals surface area contributed by atoms with Crippen molar-refractivity contribution in [1.29, 1.82) is 0 Å². The van der Waals surface area contributed by atoms with Gasteiger partial charge in [-0.3, -0.25) is 9.59 Å². The third-order valence-corrected chi connectivity index (χ3v) is 3.92. The topological polar surface area (TPSA) is 52.7 Å². The number of piperazine rings is 1. The van der Waals surface area contributed by atoms with E-state index in [0.29, 0.717) is 36.2 Å². The molecule has 0 aliphatic carbocycles. The normalized spacial score (nSPS) is 15.1. The quantitative estimate of drug-likeness (QED) is 0.861. The van der Waals surface area contributed by atoms with Crippen molar-refractivity contribution in [2.45, 2.75) is 0 Å². The number of carbonyl (C=O) groups is 2. The van der Waals surface area contributed by atoms with Gasteiger partial charge in [0.2, 0.25) is 12.3 Å². The van der Waals surface area contributed by atoms with Crippen LogP contribution in [0.25, 0.3) is 0 Å². The molecular weight excluding hydrogens is 301 g/mol. The van der Waals surface area contributed by atoms with E-state index < -0.39 is 0 Å². The number of anilines is 1. The molecule has 2 rings (SSSR count). The first-order chi connectivity index (χ1) is 9.60. The van der Waals surface area contributed by atoms with Crippen molar-refractivity contribution in [3.63, 3.8) is 0 Å². The van der Waals surface area contributed by atoms with Gasteiger partial charge in [0, 0.05) is 31.9 Å². The van der Waals surface area contributed by atoms with Crippen LogP contribution in [0, 0.1) is 0 Å². The highest BCUT2D eigenvalue weighted by Gasteiger charge is 2.19. The molecule has 0 atom stereocenters. The molecule has 0 radical (unpaired) electrons. The van der Waals surface area contributed by atoms with Crippen LogP contribution in [0.4, 0.5) is 5.69 Å². The maximum absolute atomic E-state index is 12.0. The van der Waals surface area contributed by atoms with Gasteiger partial charge in [-0.05, 0) is 18.2 Å². The number of nitrogens with zero attached hydrogens (tertiary/aromatic N) is 2. The first kappa shape index (κ1) is 14.9. The Balaban J connectivity index is 1.83. The van der Waals surface area contributed by atoms with Gasteiger partial charge in [-0.1, -0.05) is 23.2 Å². The van der Waals surface area contributed by atoms with Crippen molar-refractivity contribution in [2.75, 3.05) is 38.0 Å². The number of benzene rings is 1. The molecule has 1 aliphatic rings. The molecule has 108 valence electrons. The molecule has 1 aromatic carbocycles. The number of halogens is 2. The van der Waals surface area contributed by atoms with E-state index in [1.54, 1.807) is 28.0 Å². The molecule has 1 fully saturated rings. The molecule has 0 bridgehead atoms. The number of carbonyl (C=O) groups excluding carboxylic acids is 2. The SMILES string of the molecule is O=CN1CCN(C(=O)CNc2ccc(Cl)c(Cl)c2)CC1. The van der Waals surface area contributed by atoms with E-state index in [-0.39, 0.29) is 12.5 Å². The van der Waals surface area contributed by atoms with Crippen LogP contribution in [-0.4, -0.2) is 54.8 Å². The van der Waals surface area contributed by atoms with Crippen LogP contribution in [0.3, 0.4) is 0 Å². The Bertz CT molecular complexity index is 502. The molecule has 1 heterocycles. The van der Waals surface area contributed by atoms with Crippen LogP contribution < -0.4 is 5.32 Å². The van der Waals surface area contributed by atoms with Crippen LogP contribution in [0.5, 0.6) is 0 Å². The Morgan fingerprint density at radius 2 is 1.90 bits per heavy atom. The minimum absolute atomic E-state index is 0.00150. The summed E-state index contributed by atoms with van der Waals surface area (Å²) < 4.78 is 0. The fourth-order valence-electron chi connectivity index (χ4n) is 1.97. The molecule has 1 N–H and O–H groups in total. The molecule has 0 aromatic heterocycles. The number of rotatable bonds is 4. The number of amides is 2. The fourth-order valence-corrected chi connectivity index (χ4v) is 2.27. The van der Waals surface area contributed by atoms with Gasteiger partial charge in [-0.2, -0.15) is 0 Å². The molecule has 5 nitrogen and oxygen atoms in total. The summed E-state index contributed by atoms with van der Waals surface area (Å²) in [7, 11) is 0. The predicted molar refractivity (Wildman–Crippen MR) is 79.2 cm³/mol. The summed E-state index contributed by atoms with van der Waals surface area (Å²) in [4.78, 5) is 26.0. The van der Waals surface area contributed by atoms with Crippen molar-refractivity contribution in [2.24, 2.45) is 0 Å². The van der Waals surface area contributed by atoms with Gasteiger partial charge in [0.15, 0.2) is 0 Å². The van der Waals surface area contributed by atoms with Crippen molar-refractivity contribution in [3.05, 3.63) is 28.2 Å². The van der Waals surface area contributed by atoms with E-state index in [1.165, 1.54) is 0 Å². The van der Waals surface area contributed by atoms with E-state index in [9.17, 15) is 9.59 Å². The van der Waals surface area contributed by atoms with Crippen LogP contribution in [0.1, 0.15) is 0 Å². The largest absolute Gasteiger partial charge is 0.376 e. The molecule has 0 saturated carbocycles. The van der Waals surface area contributed by atoms with Crippen LogP contribution in [0.15, 0.2) is 18.2 Å². The summed E-state index contributed by atoms with van der Waals surface area (Å²) in [5.41, 5.74) is 0.749. The average molecular weight is 316 g/mol. The minimum Gasteiger partial charge on any atom is -0.376 e. The van der Waals surface area contributed by atoms with Crippen LogP contribution in [-0.2, 0) is 9.59 Å². The number of hydrogen-bond acceptors (Lipinski definition) is 3. The second kappa shape index (κ2) is 6.81. The Kier molecular flexibility index (Phi) is 5.09. The van der Waals surface area contributed by atoms with Crippen molar-refractivity contribution >= 4 is 41.2 Å². The standard InChI is InChI=1S/C13H15Cl2N3O2/c14-11-2-1-10(7-12(11)15)16-8-13(20)18-5-3-17(9-19)4-6-18/h1-2,7,9,16H,3-6,8H2. The van der Waals surface area contributed by atoms with E-state index >= 15 is 0 Å². The molecule has 0 unspecified atom stereocenters. The minimum atomic E-state index is 0.00150. The molecule has 1 aromatic rings. The smallest absolute Gasteiger partial charge is 0.241 e. The molecule has 1 aliphatic heterocycles. The maximum atomic E-state index is 12.0. The third-order valence-electron chi connectivity index (χ3n) is 3.18. The average Bonchev–Trinajstić information content (AvgIpc) is 2.48. The van der Waals surface area contributed by atoms with Crippen molar-refractivity contribution in [3.8, 4) is 0 Å². The van der Waals surface area contributed by atoms with E-state index in [1.807, 2.05) is 0 Å². The van der Waals surface area contributed by atoms with Crippen molar-refractivity contribution < 1.29 is 9.59 Å². The highest BCUT2D eigenvalue weighted by atomic mass is 35.5. The van der Waals surface area contributed by atoms with E-state index in [0.717, 1.165) is 12.1 Å². The first-order valence-corrected chi connectivity index (χ1v) is 7.02. The first-order valence-electron chi connectivity index (χ1n) is 6.26. The zero-order valence-corrected chi connectivity index (χ0v) is 12.3. The van der Waals surface area contributed by atoms with Gasteiger partial charge in [-0.15, -0.1) is 0 Å². The molecule has 1 saturated heterocycles.